The molecule has 0 saturated carbocycles. The van der Waals surface area contributed by atoms with Gasteiger partial charge in [-0.25, -0.2) is 8.42 Å². The number of para-hydroxylation sites is 1. The number of sulfonamides is 1. The average Bonchev–Trinajstić information content (AvgIpc) is 2.87. The first-order valence-electron chi connectivity index (χ1n) is 6.71. The number of nitrogens with zero attached hydrogens (tertiary/aromatic N) is 2. The zero-order valence-electron chi connectivity index (χ0n) is 11.8. The summed E-state index contributed by atoms with van der Waals surface area (Å²) in [4.78, 5) is 9.45. The van der Waals surface area contributed by atoms with Crippen molar-refractivity contribution < 1.29 is 17.7 Å². The van der Waals surface area contributed by atoms with E-state index in [1.54, 1.807) is 0 Å². The lowest BCUT2D eigenvalue weighted by Crippen LogP contribution is -2.38. The lowest BCUT2D eigenvalue weighted by Gasteiger charge is -2.26. The maximum Gasteiger partial charge on any atom is 0.324 e. The van der Waals surface area contributed by atoms with Crippen molar-refractivity contribution in [3.63, 3.8) is 0 Å². The number of nitro groups is 1. The third-order valence-corrected chi connectivity index (χ3v) is 5.69. The molecular formula is C13H17FN2O4S. The molecule has 1 heterocycles. The molecule has 6 nitrogen and oxygen atoms in total. The molecule has 0 N–H and O–H groups in total. The Labute approximate surface area is 122 Å². The molecule has 1 aromatic carbocycles. The van der Waals surface area contributed by atoms with E-state index in [9.17, 15) is 22.9 Å². The highest BCUT2D eigenvalue weighted by atomic mass is 32.2. The van der Waals surface area contributed by atoms with Crippen molar-refractivity contribution in [3.05, 3.63) is 34.1 Å². The molecule has 0 bridgehead atoms. The first-order chi connectivity index (χ1) is 9.76. The zero-order chi connectivity index (χ0) is 15.8. The lowest BCUT2D eigenvalue weighted by atomic mass is 10.0. The zero-order valence-corrected chi connectivity index (χ0v) is 12.6. The Morgan fingerprint density at radius 2 is 2.10 bits per heavy atom. The minimum absolute atomic E-state index is 0.0925. The van der Waals surface area contributed by atoms with E-state index in [2.05, 4.69) is 0 Å². The van der Waals surface area contributed by atoms with Gasteiger partial charge in [0.05, 0.1) is 4.92 Å². The number of benzene rings is 1. The van der Waals surface area contributed by atoms with E-state index in [0.717, 1.165) is 12.1 Å². The fraction of sp³-hybridized carbons (Fsp3) is 0.538. The van der Waals surface area contributed by atoms with Gasteiger partial charge in [0.15, 0.2) is 4.90 Å². The van der Waals surface area contributed by atoms with Gasteiger partial charge in [-0.3, -0.25) is 10.1 Å². The summed E-state index contributed by atoms with van der Waals surface area (Å²) in [7, 11) is -4.08. The van der Waals surface area contributed by atoms with Crippen LogP contribution in [0, 0.1) is 21.8 Å². The molecule has 1 saturated heterocycles. The maximum absolute atomic E-state index is 13.6. The van der Waals surface area contributed by atoms with Crippen LogP contribution in [0.25, 0.3) is 0 Å². The topological polar surface area (TPSA) is 80.5 Å². The van der Waals surface area contributed by atoms with Crippen LogP contribution in [-0.4, -0.2) is 30.2 Å². The van der Waals surface area contributed by atoms with Gasteiger partial charge < -0.3 is 0 Å². The van der Waals surface area contributed by atoms with Crippen LogP contribution in [0.5, 0.6) is 0 Å². The van der Waals surface area contributed by atoms with Gasteiger partial charge in [-0.2, -0.15) is 8.70 Å². The van der Waals surface area contributed by atoms with Crippen LogP contribution >= 0.6 is 0 Å². The minimum atomic E-state index is -4.08. The Morgan fingerprint density at radius 1 is 1.43 bits per heavy atom. The monoisotopic (exact) mass is 316 g/mol. The van der Waals surface area contributed by atoms with Crippen LogP contribution in [0.15, 0.2) is 23.1 Å². The van der Waals surface area contributed by atoms with Crippen molar-refractivity contribution in [3.8, 4) is 0 Å². The number of hydrogen-bond acceptors (Lipinski definition) is 4. The van der Waals surface area contributed by atoms with Crippen molar-refractivity contribution >= 4 is 15.7 Å². The second-order valence-corrected chi connectivity index (χ2v) is 7.27. The first-order valence-corrected chi connectivity index (χ1v) is 8.15. The third-order valence-electron chi connectivity index (χ3n) is 3.74. The van der Waals surface area contributed by atoms with Crippen LogP contribution < -0.4 is 0 Å². The van der Waals surface area contributed by atoms with E-state index in [1.807, 2.05) is 13.8 Å². The number of rotatable bonds is 4. The number of hydrogen-bond donors (Lipinski definition) is 0. The highest BCUT2D eigenvalue weighted by molar-refractivity contribution is 7.89. The molecular weight excluding hydrogens is 299 g/mol. The molecule has 1 aliphatic heterocycles. The number of halogens is 1. The molecule has 1 aliphatic rings. The molecule has 1 fully saturated rings. The van der Waals surface area contributed by atoms with Crippen molar-refractivity contribution in [2.24, 2.45) is 5.92 Å². The predicted octanol–water partition coefficient (Wildman–Crippen LogP) is 2.54. The minimum Gasteiger partial charge on any atom is -0.258 e. The van der Waals surface area contributed by atoms with Crippen LogP contribution in [0.3, 0.4) is 0 Å². The molecule has 116 valence electrons. The summed E-state index contributed by atoms with van der Waals surface area (Å²) in [6, 6.07) is 2.95. The van der Waals surface area contributed by atoms with Crippen molar-refractivity contribution in [2.75, 3.05) is 6.54 Å². The van der Waals surface area contributed by atoms with Crippen LogP contribution in [0.2, 0.25) is 0 Å². The first kappa shape index (κ1) is 15.8. The molecule has 0 aromatic heterocycles. The van der Waals surface area contributed by atoms with Crippen LogP contribution in [0.1, 0.15) is 26.7 Å². The lowest BCUT2D eigenvalue weighted by molar-refractivity contribution is -0.390. The Hall–Kier alpha value is -1.54. The van der Waals surface area contributed by atoms with E-state index in [1.165, 1.54) is 10.4 Å². The second-order valence-electron chi connectivity index (χ2n) is 5.41. The van der Waals surface area contributed by atoms with Gasteiger partial charge in [-0.1, -0.05) is 19.9 Å². The molecule has 8 heteroatoms. The molecule has 0 radical (unpaired) electrons. The summed E-state index contributed by atoms with van der Waals surface area (Å²) in [5.41, 5.74) is -0.980. The quantitative estimate of drug-likeness (QED) is 0.631. The standard InChI is InChI=1S/C13H17FN2O4S/c1-9(2)11-6-4-8-15(11)21(19,20)12-7-3-5-10(14)13(12)16(17)18/h3,5,7,9,11H,4,6,8H2,1-2H3. The van der Waals surface area contributed by atoms with Gasteiger partial charge in [0.2, 0.25) is 15.8 Å². The van der Waals surface area contributed by atoms with Gasteiger partial charge in [-0.15, -0.1) is 0 Å². The number of nitro benzene ring substituents is 1. The van der Waals surface area contributed by atoms with Gasteiger partial charge in [0.25, 0.3) is 0 Å². The fourth-order valence-corrected chi connectivity index (χ4v) is 4.73. The van der Waals surface area contributed by atoms with Crippen LogP contribution in [0.4, 0.5) is 10.1 Å². The summed E-state index contributed by atoms with van der Waals surface area (Å²) in [6.45, 7) is 4.11. The van der Waals surface area contributed by atoms with Gasteiger partial charge in [0.1, 0.15) is 0 Å². The fourth-order valence-electron chi connectivity index (χ4n) is 2.74. The summed E-state index contributed by atoms with van der Waals surface area (Å²) in [5, 5.41) is 11.0. The van der Waals surface area contributed by atoms with E-state index < -0.39 is 31.3 Å². The Kier molecular flexibility index (Phi) is 4.29. The SMILES string of the molecule is CC(C)C1CCCN1S(=O)(=O)c1cccc(F)c1[N+](=O)[O-]. The Morgan fingerprint density at radius 3 is 2.67 bits per heavy atom. The third kappa shape index (κ3) is 2.77. The van der Waals surface area contributed by atoms with Gasteiger partial charge in [0, 0.05) is 12.6 Å². The van der Waals surface area contributed by atoms with Crippen LogP contribution in [-0.2, 0) is 10.0 Å². The highest BCUT2D eigenvalue weighted by Gasteiger charge is 2.40. The molecule has 2 rings (SSSR count). The smallest absolute Gasteiger partial charge is 0.258 e. The summed E-state index contributed by atoms with van der Waals surface area (Å²) in [6.07, 6.45) is 1.41. The molecule has 1 aromatic rings. The van der Waals surface area contributed by atoms with Gasteiger partial charge >= 0.3 is 5.69 Å². The van der Waals surface area contributed by atoms with E-state index in [-0.39, 0.29) is 12.0 Å². The van der Waals surface area contributed by atoms with Crippen molar-refractivity contribution in [1.82, 2.24) is 4.31 Å². The Balaban J connectivity index is 2.55. The molecule has 1 atom stereocenters. The maximum atomic E-state index is 13.6. The summed E-state index contributed by atoms with van der Waals surface area (Å²) >= 11 is 0. The van der Waals surface area contributed by atoms with Crippen molar-refractivity contribution in [2.45, 2.75) is 37.6 Å². The molecule has 1 unspecified atom stereocenters. The average molecular weight is 316 g/mol. The van der Waals surface area contributed by atoms with Gasteiger partial charge in [-0.05, 0) is 30.9 Å². The van der Waals surface area contributed by atoms with Crippen molar-refractivity contribution in [1.29, 1.82) is 0 Å². The predicted molar refractivity (Wildman–Crippen MR) is 74.8 cm³/mol. The highest BCUT2D eigenvalue weighted by Crippen LogP contribution is 2.34. The molecule has 0 aliphatic carbocycles. The van der Waals surface area contributed by atoms with E-state index in [4.69, 9.17) is 0 Å². The summed E-state index contributed by atoms with van der Waals surface area (Å²) < 4.78 is 40.3. The largest absolute Gasteiger partial charge is 0.324 e. The molecule has 21 heavy (non-hydrogen) atoms. The normalized spacial score (nSPS) is 20.1. The summed E-state index contributed by atoms with van der Waals surface area (Å²) in [5.74, 6) is -1.05. The van der Waals surface area contributed by atoms with E-state index >= 15 is 0 Å². The molecule has 0 amide bonds. The molecule has 0 spiro atoms. The van der Waals surface area contributed by atoms with E-state index in [0.29, 0.717) is 19.4 Å². The second kappa shape index (κ2) is 5.69. The Bertz CT molecular complexity index is 660.